The Balaban J connectivity index is 1.50. The number of carbonyl (C=O) groups excluding carboxylic acids is 2. The van der Waals surface area contributed by atoms with Gasteiger partial charge in [-0.2, -0.15) is 0 Å². The number of fused-ring (bicyclic) bond motifs is 1. The van der Waals surface area contributed by atoms with Gasteiger partial charge >= 0.3 is 0 Å². The molecule has 1 aliphatic heterocycles. The van der Waals surface area contributed by atoms with Gasteiger partial charge in [0.25, 0.3) is 5.91 Å². The van der Waals surface area contributed by atoms with Crippen LogP contribution in [0.3, 0.4) is 0 Å². The zero-order valence-electron chi connectivity index (χ0n) is 22.7. The van der Waals surface area contributed by atoms with Gasteiger partial charge in [-0.1, -0.05) is 78.9 Å². The predicted octanol–water partition coefficient (Wildman–Crippen LogP) is 5.04. The van der Waals surface area contributed by atoms with Crippen LogP contribution in [0, 0.1) is 0 Å². The molecule has 0 saturated heterocycles. The van der Waals surface area contributed by atoms with Crippen molar-refractivity contribution in [2.45, 2.75) is 5.75 Å². The topological polar surface area (TPSA) is 98.8 Å². The molecule has 8 nitrogen and oxygen atoms in total. The molecule has 0 bridgehead atoms. The lowest BCUT2D eigenvalue weighted by Gasteiger charge is -2.26. The molecule has 9 heteroatoms. The van der Waals surface area contributed by atoms with E-state index in [0.717, 1.165) is 21.1 Å². The van der Waals surface area contributed by atoms with Crippen molar-refractivity contribution in [1.82, 2.24) is 4.90 Å². The summed E-state index contributed by atoms with van der Waals surface area (Å²) in [5, 5.41) is 6.31. The summed E-state index contributed by atoms with van der Waals surface area (Å²) in [5.74, 6) is -0.798. The van der Waals surface area contributed by atoms with Crippen LogP contribution in [0.1, 0.15) is 16.7 Å². The molecule has 0 radical (unpaired) electrons. The summed E-state index contributed by atoms with van der Waals surface area (Å²) in [6.07, 6.45) is 0. The van der Waals surface area contributed by atoms with Gasteiger partial charge in [0.2, 0.25) is 15.9 Å². The Morgan fingerprint density at radius 2 is 1.41 bits per heavy atom. The number of amides is 2. The zero-order chi connectivity index (χ0) is 29.0. The van der Waals surface area contributed by atoms with E-state index in [0.29, 0.717) is 28.2 Å². The van der Waals surface area contributed by atoms with E-state index in [-0.39, 0.29) is 24.1 Å². The first-order valence-corrected chi connectivity index (χ1v) is 14.7. The highest BCUT2D eigenvalue weighted by molar-refractivity contribution is 7.92. The maximum absolute atomic E-state index is 13.5. The average molecular weight is 567 g/mol. The van der Waals surface area contributed by atoms with Crippen molar-refractivity contribution in [3.8, 4) is 0 Å². The summed E-state index contributed by atoms with van der Waals surface area (Å²) in [7, 11) is -0.705. The van der Waals surface area contributed by atoms with Crippen LogP contribution in [0.25, 0.3) is 11.3 Å². The molecule has 4 aromatic rings. The summed E-state index contributed by atoms with van der Waals surface area (Å²) in [6, 6.07) is 32.7. The first kappa shape index (κ1) is 27.7. The van der Waals surface area contributed by atoms with Gasteiger partial charge in [-0.25, -0.2) is 8.42 Å². The third kappa shape index (κ3) is 6.15. The van der Waals surface area contributed by atoms with Crippen molar-refractivity contribution >= 4 is 50.2 Å². The summed E-state index contributed by atoms with van der Waals surface area (Å²) < 4.78 is 28.2. The number of nitrogens with zero attached hydrogens (tertiary/aromatic N) is 2. The summed E-state index contributed by atoms with van der Waals surface area (Å²) in [5.41, 5.74) is 5.13. The summed E-state index contributed by atoms with van der Waals surface area (Å²) in [4.78, 5) is 27.1. The first-order chi connectivity index (χ1) is 19.7. The van der Waals surface area contributed by atoms with Gasteiger partial charge in [-0.15, -0.1) is 0 Å². The standard InChI is InChI=1S/C32H30N4O4S/c1-35(2)29(37)21-36(41(39,40)22-23-11-5-3-6-12-23)26-19-17-25(18-20-26)33-31(24-13-7-4-8-14-24)30-27-15-9-10-16-28(27)34-32(30)38/h3-20,33H,21-22H2,1-2H3,(H,34,38). The second-order valence-electron chi connectivity index (χ2n) is 9.82. The monoisotopic (exact) mass is 566 g/mol. The molecule has 0 aromatic heterocycles. The second-order valence-corrected chi connectivity index (χ2v) is 11.7. The number of hydrogen-bond acceptors (Lipinski definition) is 5. The van der Waals surface area contributed by atoms with Gasteiger partial charge < -0.3 is 15.5 Å². The Morgan fingerprint density at radius 3 is 2.07 bits per heavy atom. The molecule has 0 saturated carbocycles. The molecule has 208 valence electrons. The number of hydrogen-bond donors (Lipinski definition) is 2. The maximum Gasteiger partial charge on any atom is 0.258 e. The van der Waals surface area contributed by atoms with Crippen LogP contribution in [-0.4, -0.2) is 45.8 Å². The van der Waals surface area contributed by atoms with Gasteiger partial charge in [0.1, 0.15) is 6.54 Å². The lowest BCUT2D eigenvalue weighted by Crippen LogP contribution is -2.41. The fourth-order valence-corrected chi connectivity index (χ4v) is 6.10. The van der Waals surface area contributed by atoms with E-state index in [9.17, 15) is 18.0 Å². The smallest absolute Gasteiger partial charge is 0.258 e. The lowest BCUT2D eigenvalue weighted by atomic mass is 10.00. The predicted molar refractivity (Wildman–Crippen MR) is 163 cm³/mol. The second kappa shape index (κ2) is 11.7. The first-order valence-electron chi connectivity index (χ1n) is 13.0. The van der Waals surface area contributed by atoms with Crippen LogP contribution < -0.4 is 14.9 Å². The van der Waals surface area contributed by atoms with Crippen LogP contribution >= 0.6 is 0 Å². The molecule has 0 aliphatic carbocycles. The molecule has 4 aromatic carbocycles. The minimum absolute atomic E-state index is 0.213. The van der Waals surface area contributed by atoms with Gasteiger partial charge in [0.05, 0.1) is 22.7 Å². The quantitative estimate of drug-likeness (QED) is 0.277. The van der Waals surface area contributed by atoms with Crippen LogP contribution in [0.15, 0.2) is 109 Å². The highest BCUT2D eigenvalue weighted by Crippen LogP contribution is 2.37. The van der Waals surface area contributed by atoms with Crippen LogP contribution in [0.5, 0.6) is 0 Å². The molecule has 1 aliphatic rings. The minimum atomic E-state index is -3.89. The Bertz CT molecular complexity index is 1700. The van der Waals surface area contributed by atoms with Gasteiger partial charge in [-0.05, 0) is 41.5 Å². The third-order valence-corrected chi connectivity index (χ3v) is 8.42. The van der Waals surface area contributed by atoms with Gasteiger partial charge in [0.15, 0.2) is 0 Å². The molecule has 0 atom stereocenters. The van der Waals surface area contributed by atoms with Crippen LogP contribution in [-0.2, 0) is 25.4 Å². The zero-order valence-corrected chi connectivity index (χ0v) is 23.6. The van der Waals surface area contributed by atoms with Crippen molar-refractivity contribution in [2.75, 3.05) is 35.6 Å². The van der Waals surface area contributed by atoms with Crippen molar-refractivity contribution in [3.63, 3.8) is 0 Å². The van der Waals surface area contributed by atoms with Gasteiger partial charge in [0, 0.05) is 31.0 Å². The molecule has 5 rings (SSSR count). The molecule has 0 fully saturated rings. The van der Waals surface area contributed by atoms with Gasteiger partial charge in [-0.3, -0.25) is 13.9 Å². The Labute approximate surface area is 240 Å². The molecule has 0 unspecified atom stereocenters. The van der Waals surface area contributed by atoms with Crippen LogP contribution in [0.4, 0.5) is 17.1 Å². The van der Waals surface area contributed by atoms with E-state index in [1.54, 1.807) is 62.6 Å². The highest BCUT2D eigenvalue weighted by atomic mass is 32.2. The molecule has 2 N–H and O–H groups in total. The van der Waals surface area contributed by atoms with E-state index >= 15 is 0 Å². The molecular weight excluding hydrogens is 536 g/mol. The summed E-state index contributed by atoms with van der Waals surface area (Å²) >= 11 is 0. The van der Waals surface area contributed by atoms with E-state index < -0.39 is 10.0 Å². The fraction of sp³-hybridized carbons (Fsp3) is 0.125. The Hall–Kier alpha value is -4.89. The molecular formula is C32H30N4O4S. The molecule has 1 heterocycles. The number of carbonyl (C=O) groups is 2. The van der Waals surface area contributed by atoms with Crippen molar-refractivity contribution in [2.24, 2.45) is 0 Å². The van der Waals surface area contributed by atoms with Crippen molar-refractivity contribution in [1.29, 1.82) is 0 Å². The van der Waals surface area contributed by atoms with E-state index in [2.05, 4.69) is 10.6 Å². The largest absolute Gasteiger partial charge is 0.354 e. The number of rotatable bonds is 9. The Morgan fingerprint density at radius 1 is 0.805 bits per heavy atom. The molecule has 2 amide bonds. The number of likely N-dealkylation sites (N-methyl/N-ethyl adjacent to an activating group) is 1. The molecule has 41 heavy (non-hydrogen) atoms. The maximum atomic E-state index is 13.5. The SMILES string of the molecule is CN(C)C(=O)CN(c1ccc(NC(=C2C(=O)Nc3ccccc32)c2ccccc2)cc1)S(=O)(=O)Cc1ccccc1. The number of sulfonamides is 1. The van der Waals surface area contributed by atoms with Crippen molar-refractivity contribution < 1.29 is 18.0 Å². The van der Waals surface area contributed by atoms with Crippen molar-refractivity contribution in [3.05, 3.63) is 126 Å². The van der Waals surface area contributed by atoms with E-state index in [1.807, 2.05) is 60.7 Å². The average Bonchev–Trinajstić information content (AvgIpc) is 3.31. The molecule has 0 spiro atoms. The Kier molecular flexibility index (Phi) is 7.89. The van der Waals surface area contributed by atoms with E-state index in [4.69, 9.17) is 0 Å². The summed E-state index contributed by atoms with van der Waals surface area (Å²) in [6.45, 7) is -0.328. The third-order valence-electron chi connectivity index (χ3n) is 6.71. The van der Waals surface area contributed by atoms with Crippen LogP contribution in [0.2, 0.25) is 0 Å². The number of anilines is 3. The number of para-hydroxylation sites is 1. The fourth-order valence-electron chi connectivity index (χ4n) is 4.58. The number of benzene rings is 4. The number of nitrogens with one attached hydrogen (secondary N) is 2. The lowest BCUT2D eigenvalue weighted by molar-refractivity contribution is -0.127. The van der Waals surface area contributed by atoms with E-state index in [1.165, 1.54) is 4.90 Å². The normalized spacial score (nSPS) is 13.7. The highest BCUT2D eigenvalue weighted by Gasteiger charge is 2.29. The minimum Gasteiger partial charge on any atom is -0.354 e.